The predicted molar refractivity (Wildman–Crippen MR) is 85.8 cm³/mol. The van der Waals surface area contributed by atoms with Gasteiger partial charge in [0.25, 0.3) is 0 Å². The first-order valence-electron chi connectivity index (χ1n) is 7.13. The number of carbonyl (C=O) groups excluding carboxylic acids is 1. The molecule has 1 aliphatic rings. The number of aromatic nitrogens is 2. The molecule has 112 valence electrons. The Morgan fingerprint density at radius 1 is 1.38 bits per heavy atom. The molecule has 0 radical (unpaired) electrons. The van der Waals surface area contributed by atoms with Crippen LogP contribution in [0, 0.1) is 12.8 Å². The molecule has 2 aromatic rings. The minimum Gasteiger partial charge on any atom is -0.330 e. The quantitative estimate of drug-likeness (QED) is 0.895. The molecule has 2 aromatic heterocycles. The van der Waals surface area contributed by atoms with Gasteiger partial charge in [0, 0.05) is 4.88 Å². The highest BCUT2D eigenvalue weighted by Crippen LogP contribution is 2.37. The van der Waals surface area contributed by atoms with E-state index >= 15 is 0 Å². The summed E-state index contributed by atoms with van der Waals surface area (Å²) in [5.74, 6) is 0.533. The highest BCUT2D eigenvalue weighted by atomic mass is 32.1. The number of nitrogens with one attached hydrogen (secondary N) is 2. The van der Waals surface area contributed by atoms with E-state index in [0.717, 1.165) is 5.01 Å². The van der Waals surface area contributed by atoms with Crippen molar-refractivity contribution in [1.82, 2.24) is 15.5 Å². The molecule has 5 nitrogen and oxygen atoms in total. The molecular weight excluding hydrogens is 304 g/mol. The molecule has 0 spiro atoms. The van der Waals surface area contributed by atoms with Crippen molar-refractivity contribution in [1.29, 1.82) is 0 Å². The number of hydrogen-bond acceptors (Lipinski definition) is 5. The maximum Gasteiger partial charge on any atom is 0.321 e. The van der Waals surface area contributed by atoms with Gasteiger partial charge in [-0.3, -0.25) is 5.32 Å². The van der Waals surface area contributed by atoms with Gasteiger partial charge < -0.3 is 5.32 Å². The Bertz CT molecular complexity index is 590. The number of anilines is 1. The number of carbonyl (C=O) groups is 1. The van der Waals surface area contributed by atoms with Crippen LogP contribution in [0.3, 0.4) is 0 Å². The summed E-state index contributed by atoms with van der Waals surface area (Å²) in [6, 6.07) is 4.04. The molecule has 1 saturated carbocycles. The van der Waals surface area contributed by atoms with E-state index in [1.807, 2.05) is 13.0 Å². The smallest absolute Gasteiger partial charge is 0.321 e. The van der Waals surface area contributed by atoms with Crippen LogP contribution >= 0.6 is 22.7 Å². The van der Waals surface area contributed by atoms with Crippen LogP contribution in [-0.2, 0) is 0 Å². The molecule has 1 fully saturated rings. The highest BCUT2D eigenvalue weighted by Gasteiger charge is 2.28. The Balaban J connectivity index is 1.67. The first-order valence-corrected chi connectivity index (χ1v) is 8.83. The third kappa shape index (κ3) is 3.59. The molecule has 0 aromatic carbocycles. The highest BCUT2D eigenvalue weighted by molar-refractivity contribution is 7.15. The van der Waals surface area contributed by atoms with Gasteiger partial charge in [0.05, 0.1) is 6.04 Å². The molecule has 3 rings (SSSR count). The zero-order valence-corrected chi connectivity index (χ0v) is 13.5. The van der Waals surface area contributed by atoms with Crippen LogP contribution in [0.25, 0.3) is 0 Å². The van der Waals surface area contributed by atoms with E-state index in [-0.39, 0.29) is 12.1 Å². The lowest BCUT2D eigenvalue weighted by Crippen LogP contribution is -2.35. The maximum absolute atomic E-state index is 12.2. The molecule has 0 unspecified atom stereocenters. The normalized spacial score (nSPS) is 16.8. The van der Waals surface area contributed by atoms with Gasteiger partial charge in [-0.2, -0.15) is 0 Å². The van der Waals surface area contributed by atoms with Gasteiger partial charge >= 0.3 is 6.03 Å². The van der Waals surface area contributed by atoms with Gasteiger partial charge in [-0.15, -0.1) is 21.5 Å². The number of hydrogen-bond donors (Lipinski definition) is 2. The van der Waals surface area contributed by atoms with Crippen molar-refractivity contribution in [2.75, 3.05) is 5.32 Å². The Kier molecular flexibility index (Phi) is 4.50. The van der Waals surface area contributed by atoms with Crippen molar-refractivity contribution in [2.24, 2.45) is 5.92 Å². The fourth-order valence-corrected chi connectivity index (χ4v) is 4.26. The standard InChI is InChI=1S/C14H18N4OS2/c1-9-17-18-14(21-9)16-13(19)15-12(10-5-2-3-6-10)11-7-4-8-20-11/h4,7-8,10,12H,2-3,5-6H2,1H3,(H2,15,16,18,19)/t12-/m0/s1. The number of aryl methyl sites for hydroxylation is 1. The maximum atomic E-state index is 12.2. The molecule has 2 amide bonds. The van der Waals surface area contributed by atoms with Crippen LogP contribution in [0.5, 0.6) is 0 Å². The summed E-state index contributed by atoms with van der Waals surface area (Å²) in [4.78, 5) is 13.4. The van der Waals surface area contributed by atoms with E-state index in [1.165, 1.54) is 41.9 Å². The van der Waals surface area contributed by atoms with Crippen LogP contribution in [0.4, 0.5) is 9.93 Å². The van der Waals surface area contributed by atoms with Crippen LogP contribution in [0.15, 0.2) is 17.5 Å². The summed E-state index contributed by atoms with van der Waals surface area (Å²) in [6.45, 7) is 1.87. The lowest BCUT2D eigenvalue weighted by atomic mass is 9.97. The van der Waals surface area contributed by atoms with Crippen LogP contribution in [0.2, 0.25) is 0 Å². The van der Waals surface area contributed by atoms with Gasteiger partial charge in [0.1, 0.15) is 5.01 Å². The minimum absolute atomic E-state index is 0.0986. The monoisotopic (exact) mass is 322 g/mol. The van der Waals surface area contributed by atoms with E-state index in [1.54, 1.807) is 11.3 Å². The van der Waals surface area contributed by atoms with Crippen molar-refractivity contribution in [3.63, 3.8) is 0 Å². The fraction of sp³-hybridized carbons (Fsp3) is 0.500. The molecule has 0 saturated heterocycles. The van der Waals surface area contributed by atoms with Crippen LogP contribution in [0.1, 0.15) is 41.6 Å². The lowest BCUT2D eigenvalue weighted by molar-refractivity contribution is 0.243. The molecule has 1 aliphatic carbocycles. The first kappa shape index (κ1) is 14.5. The van der Waals surface area contributed by atoms with Crippen LogP contribution in [-0.4, -0.2) is 16.2 Å². The summed E-state index contributed by atoms with van der Waals surface area (Å²) < 4.78 is 0. The molecule has 2 N–H and O–H groups in total. The molecule has 0 bridgehead atoms. The lowest BCUT2D eigenvalue weighted by Gasteiger charge is -2.23. The molecular formula is C14H18N4OS2. The Morgan fingerprint density at radius 3 is 2.81 bits per heavy atom. The molecule has 0 aliphatic heterocycles. The summed E-state index contributed by atoms with van der Waals surface area (Å²) in [6.07, 6.45) is 4.87. The minimum atomic E-state index is -0.198. The van der Waals surface area contributed by atoms with E-state index in [4.69, 9.17) is 0 Å². The molecule has 1 atom stereocenters. The molecule has 2 heterocycles. The first-order chi connectivity index (χ1) is 10.2. The average Bonchev–Trinajstić information content (AvgIpc) is 3.19. The second-order valence-electron chi connectivity index (χ2n) is 5.26. The van der Waals surface area contributed by atoms with Crippen molar-refractivity contribution < 1.29 is 4.79 Å². The van der Waals surface area contributed by atoms with Crippen LogP contribution < -0.4 is 10.6 Å². The van der Waals surface area contributed by atoms with E-state index in [2.05, 4.69) is 32.3 Å². The van der Waals surface area contributed by atoms with Crippen molar-refractivity contribution >= 4 is 33.8 Å². The van der Waals surface area contributed by atoms with E-state index in [9.17, 15) is 4.79 Å². The SMILES string of the molecule is Cc1nnc(NC(=O)N[C@H](c2cccs2)C2CCCC2)s1. The number of nitrogens with zero attached hydrogens (tertiary/aromatic N) is 2. The second-order valence-corrected chi connectivity index (χ2v) is 7.42. The van der Waals surface area contributed by atoms with Crippen molar-refractivity contribution in [3.05, 3.63) is 27.4 Å². The number of urea groups is 1. The summed E-state index contributed by atoms with van der Waals surface area (Å²) in [5, 5.41) is 17.2. The fourth-order valence-electron chi connectivity index (χ4n) is 2.80. The van der Waals surface area contributed by atoms with E-state index < -0.39 is 0 Å². The predicted octanol–water partition coefficient (Wildman–Crippen LogP) is 3.96. The molecule has 7 heteroatoms. The Hall–Kier alpha value is -1.47. The van der Waals surface area contributed by atoms with Gasteiger partial charge in [-0.25, -0.2) is 4.79 Å². The topological polar surface area (TPSA) is 66.9 Å². The molecule has 21 heavy (non-hydrogen) atoms. The van der Waals surface area contributed by atoms with Crippen molar-refractivity contribution in [3.8, 4) is 0 Å². The zero-order chi connectivity index (χ0) is 14.7. The Labute approximate surface area is 131 Å². The summed E-state index contributed by atoms with van der Waals surface area (Å²) >= 11 is 3.08. The van der Waals surface area contributed by atoms with E-state index in [0.29, 0.717) is 11.0 Å². The van der Waals surface area contributed by atoms with Gasteiger partial charge in [-0.1, -0.05) is 30.2 Å². The van der Waals surface area contributed by atoms with Crippen molar-refractivity contribution in [2.45, 2.75) is 38.6 Å². The summed E-state index contributed by atoms with van der Waals surface area (Å²) in [5.41, 5.74) is 0. The largest absolute Gasteiger partial charge is 0.330 e. The number of rotatable bonds is 4. The van der Waals surface area contributed by atoms with Gasteiger partial charge in [-0.05, 0) is 37.1 Å². The summed E-state index contributed by atoms with van der Waals surface area (Å²) in [7, 11) is 0. The Morgan fingerprint density at radius 2 is 2.19 bits per heavy atom. The third-order valence-electron chi connectivity index (χ3n) is 3.75. The van der Waals surface area contributed by atoms with Gasteiger partial charge in [0.2, 0.25) is 5.13 Å². The van der Waals surface area contributed by atoms with Gasteiger partial charge in [0.15, 0.2) is 0 Å². The third-order valence-corrected chi connectivity index (χ3v) is 5.46. The number of amides is 2. The number of thiophene rings is 1. The zero-order valence-electron chi connectivity index (χ0n) is 11.8. The average molecular weight is 322 g/mol. The second kappa shape index (κ2) is 6.53.